The molecule has 2 saturated heterocycles. The Balaban J connectivity index is 1.78. The largest absolute Gasteiger partial charge is 0.379 e. The number of fused-ring (bicyclic) bond motifs is 2. The van der Waals surface area contributed by atoms with E-state index in [9.17, 15) is 13.7 Å². The number of aryl methyl sites for hydroxylation is 1. The van der Waals surface area contributed by atoms with Crippen LogP contribution in [0.15, 0.2) is 23.1 Å². The smallest absolute Gasteiger partial charge is 0.244 e. The fourth-order valence-corrected chi connectivity index (χ4v) is 6.46. The zero-order valence-corrected chi connectivity index (χ0v) is 14.0. The first-order valence-corrected chi connectivity index (χ1v) is 9.53. The molecule has 5 nitrogen and oxygen atoms in total. The van der Waals surface area contributed by atoms with Gasteiger partial charge in [0, 0.05) is 12.5 Å². The predicted molar refractivity (Wildman–Crippen MR) is 84.2 cm³/mol. The SMILES string of the molecule is Cc1cccc(S(=O)(=O)N2CC3(CCC3)[C@@H]3COC[C@@H]32)c1C#N. The van der Waals surface area contributed by atoms with Crippen LogP contribution in [0.2, 0.25) is 0 Å². The Morgan fingerprint density at radius 1 is 1.35 bits per heavy atom. The highest BCUT2D eigenvalue weighted by molar-refractivity contribution is 7.89. The van der Waals surface area contributed by atoms with E-state index in [-0.39, 0.29) is 21.9 Å². The molecule has 0 amide bonds. The monoisotopic (exact) mass is 332 g/mol. The first kappa shape index (κ1) is 15.1. The summed E-state index contributed by atoms with van der Waals surface area (Å²) in [5, 5.41) is 9.40. The van der Waals surface area contributed by atoms with E-state index >= 15 is 0 Å². The van der Waals surface area contributed by atoms with Crippen molar-refractivity contribution < 1.29 is 13.2 Å². The van der Waals surface area contributed by atoms with Gasteiger partial charge in [-0.3, -0.25) is 0 Å². The number of benzene rings is 1. The summed E-state index contributed by atoms with van der Waals surface area (Å²) in [7, 11) is -3.67. The maximum atomic E-state index is 13.3. The van der Waals surface area contributed by atoms with Gasteiger partial charge < -0.3 is 4.74 Å². The highest BCUT2D eigenvalue weighted by Gasteiger charge is 2.60. The summed E-state index contributed by atoms with van der Waals surface area (Å²) in [6, 6.07) is 7.02. The highest BCUT2D eigenvalue weighted by Crippen LogP contribution is 2.56. The van der Waals surface area contributed by atoms with Crippen LogP contribution in [0.1, 0.15) is 30.4 Å². The minimum absolute atomic E-state index is 0.0765. The van der Waals surface area contributed by atoms with E-state index in [0.29, 0.717) is 31.2 Å². The van der Waals surface area contributed by atoms with Crippen LogP contribution in [0.4, 0.5) is 0 Å². The van der Waals surface area contributed by atoms with Gasteiger partial charge in [-0.2, -0.15) is 9.57 Å². The lowest BCUT2D eigenvalue weighted by atomic mass is 9.62. The van der Waals surface area contributed by atoms with E-state index in [1.54, 1.807) is 29.4 Å². The molecule has 1 aromatic carbocycles. The molecule has 1 aliphatic carbocycles. The van der Waals surface area contributed by atoms with Crippen molar-refractivity contribution in [3.05, 3.63) is 29.3 Å². The molecule has 0 aromatic heterocycles. The molecule has 0 bridgehead atoms. The fourth-order valence-electron chi connectivity index (χ4n) is 4.51. The average Bonchev–Trinajstić information content (AvgIpc) is 3.06. The summed E-state index contributed by atoms with van der Waals surface area (Å²) < 4.78 is 33.7. The Kier molecular flexibility index (Phi) is 3.31. The molecule has 2 atom stereocenters. The van der Waals surface area contributed by atoms with E-state index in [2.05, 4.69) is 6.07 Å². The van der Waals surface area contributed by atoms with Gasteiger partial charge in [-0.15, -0.1) is 0 Å². The maximum absolute atomic E-state index is 13.3. The molecule has 0 radical (unpaired) electrons. The first-order chi connectivity index (χ1) is 11.0. The van der Waals surface area contributed by atoms with Gasteiger partial charge in [0.25, 0.3) is 0 Å². The Labute approximate surface area is 136 Å². The highest BCUT2D eigenvalue weighted by atomic mass is 32.2. The normalized spacial score (nSPS) is 29.2. The average molecular weight is 332 g/mol. The molecule has 23 heavy (non-hydrogen) atoms. The summed E-state index contributed by atoms with van der Waals surface area (Å²) in [6.45, 7) is 3.48. The molecular formula is C17H20N2O3S. The van der Waals surface area contributed by atoms with Crippen LogP contribution in [-0.2, 0) is 14.8 Å². The van der Waals surface area contributed by atoms with E-state index in [0.717, 1.165) is 12.8 Å². The first-order valence-electron chi connectivity index (χ1n) is 8.09. The molecule has 2 heterocycles. The van der Waals surface area contributed by atoms with E-state index in [4.69, 9.17) is 4.74 Å². The van der Waals surface area contributed by atoms with Crippen molar-refractivity contribution in [3.8, 4) is 6.07 Å². The second-order valence-corrected chi connectivity index (χ2v) is 8.90. The fraction of sp³-hybridized carbons (Fsp3) is 0.588. The van der Waals surface area contributed by atoms with Crippen LogP contribution >= 0.6 is 0 Å². The summed E-state index contributed by atoms with van der Waals surface area (Å²) in [5.74, 6) is 0.307. The third-order valence-electron chi connectivity index (χ3n) is 5.96. The van der Waals surface area contributed by atoms with Crippen molar-refractivity contribution in [2.24, 2.45) is 11.3 Å². The van der Waals surface area contributed by atoms with Crippen LogP contribution in [0, 0.1) is 29.6 Å². The van der Waals surface area contributed by atoms with Crippen molar-refractivity contribution in [3.63, 3.8) is 0 Å². The molecule has 3 aliphatic rings. The second kappa shape index (κ2) is 5.04. The molecule has 0 N–H and O–H groups in total. The van der Waals surface area contributed by atoms with Gasteiger partial charge in [0.2, 0.25) is 10.0 Å². The number of nitriles is 1. The van der Waals surface area contributed by atoms with Crippen LogP contribution in [0.25, 0.3) is 0 Å². The van der Waals surface area contributed by atoms with Crippen LogP contribution in [0.5, 0.6) is 0 Å². The van der Waals surface area contributed by atoms with Gasteiger partial charge in [-0.1, -0.05) is 18.6 Å². The molecule has 2 aliphatic heterocycles. The summed E-state index contributed by atoms with van der Waals surface area (Å²) in [5.41, 5.74) is 1.06. The number of hydrogen-bond acceptors (Lipinski definition) is 4. The zero-order valence-electron chi connectivity index (χ0n) is 13.2. The lowest BCUT2D eigenvalue weighted by Crippen LogP contribution is -2.40. The van der Waals surface area contributed by atoms with Crippen molar-refractivity contribution in [2.45, 2.75) is 37.1 Å². The predicted octanol–water partition coefficient (Wildman–Crippen LogP) is 2.06. The molecule has 4 rings (SSSR count). The van der Waals surface area contributed by atoms with Crippen molar-refractivity contribution in [2.75, 3.05) is 19.8 Å². The van der Waals surface area contributed by atoms with Crippen molar-refractivity contribution in [1.29, 1.82) is 5.26 Å². The lowest BCUT2D eigenvalue weighted by molar-refractivity contribution is 0.0601. The molecule has 3 fully saturated rings. The summed E-state index contributed by atoms with van der Waals surface area (Å²) in [4.78, 5) is 0.141. The van der Waals surface area contributed by atoms with Gasteiger partial charge in [0.15, 0.2) is 0 Å². The number of rotatable bonds is 2. The second-order valence-electron chi connectivity index (χ2n) is 7.04. The van der Waals surface area contributed by atoms with E-state index in [1.807, 2.05) is 0 Å². The molecule has 1 saturated carbocycles. The Morgan fingerprint density at radius 2 is 2.13 bits per heavy atom. The minimum Gasteiger partial charge on any atom is -0.379 e. The van der Waals surface area contributed by atoms with Gasteiger partial charge in [-0.25, -0.2) is 8.42 Å². The number of sulfonamides is 1. The standard InChI is InChI=1S/C17H20N2O3S/c1-12-4-2-5-16(13(12)8-18)23(20,21)19-11-17(6-3-7-17)14-9-22-10-15(14)19/h2,4-5,14-15H,3,6-7,9-11H2,1H3/t14-,15+/m1/s1. The van der Waals surface area contributed by atoms with Gasteiger partial charge in [0.05, 0.1) is 24.8 Å². The number of ether oxygens (including phenoxy) is 1. The molecule has 1 spiro atoms. The van der Waals surface area contributed by atoms with Crippen LogP contribution in [0.3, 0.4) is 0 Å². The summed E-state index contributed by atoms with van der Waals surface area (Å²) >= 11 is 0. The quantitative estimate of drug-likeness (QED) is 0.831. The minimum atomic E-state index is -3.67. The Morgan fingerprint density at radius 3 is 2.78 bits per heavy atom. The van der Waals surface area contributed by atoms with E-state index < -0.39 is 10.0 Å². The zero-order chi connectivity index (χ0) is 16.2. The molecule has 1 aromatic rings. The van der Waals surface area contributed by atoms with Gasteiger partial charge in [-0.05, 0) is 36.8 Å². The van der Waals surface area contributed by atoms with Gasteiger partial charge in [0.1, 0.15) is 11.0 Å². The number of hydrogen-bond donors (Lipinski definition) is 0. The van der Waals surface area contributed by atoms with Crippen LogP contribution < -0.4 is 0 Å². The topological polar surface area (TPSA) is 70.4 Å². The Hall–Kier alpha value is -1.42. The molecule has 122 valence electrons. The lowest BCUT2D eigenvalue weighted by Gasteiger charge is -2.42. The maximum Gasteiger partial charge on any atom is 0.244 e. The Bertz CT molecular complexity index is 793. The van der Waals surface area contributed by atoms with Crippen molar-refractivity contribution >= 4 is 10.0 Å². The summed E-state index contributed by atoms with van der Waals surface area (Å²) in [6.07, 6.45) is 3.34. The van der Waals surface area contributed by atoms with E-state index in [1.165, 1.54) is 6.42 Å². The number of nitrogens with zero attached hydrogens (tertiary/aromatic N) is 2. The molecule has 0 unspecified atom stereocenters. The van der Waals surface area contributed by atoms with Gasteiger partial charge >= 0.3 is 0 Å². The van der Waals surface area contributed by atoms with Crippen LogP contribution in [-0.4, -0.2) is 38.5 Å². The molecular weight excluding hydrogens is 312 g/mol. The van der Waals surface area contributed by atoms with Crippen molar-refractivity contribution in [1.82, 2.24) is 4.31 Å². The molecule has 6 heteroatoms. The third-order valence-corrected chi connectivity index (χ3v) is 7.87. The third kappa shape index (κ3) is 2.00.